The number of piperazine rings is 1. The second kappa shape index (κ2) is 13.2. The largest absolute Gasteiger partial charge is 0.367 e. The lowest BCUT2D eigenvalue weighted by atomic mass is 9.49. The maximum absolute atomic E-state index is 14.1. The fraction of sp³-hybridized carbons (Fsp3) is 0.550. The first kappa shape index (κ1) is 33.5. The monoisotopic (exact) mass is 697 g/mol. The topological polar surface area (TPSA) is 93.3 Å². The van der Waals surface area contributed by atoms with Gasteiger partial charge in [-0.1, -0.05) is 30.3 Å². The minimum Gasteiger partial charge on any atom is -0.367 e. The van der Waals surface area contributed by atoms with E-state index in [1.54, 1.807) is 23.1 Å². The van der Waals surface area contributed by atoms with Crippen molar-refractivity contribution in [1.29, 1.82) is 0 Å². The fourth-order valence-corrected chi connectivity index (χ4v) is 11.4. The Balaban J connectivity index is 1.02. The summed E-state index contributed by atoms with van der Waals surface area (Å²) in [5.41, 5.74) is 1.74. The van der Waals surface area contributed by atoms with Crippen LogP contribution < -0.4 is 9.62 Å². The molecular formula is C40H51N5O4S. The van der Waals surface area contributed by atoms with Gasteiger partial charge in [-0.05, 0) is 123 Å². The van der Waals surface area contributed by atoms with Gasteiger partial charge in [0.2, 0.25) is 5.91 Å². The maximum Gasteiger partial charge on any atom is 0.261 e. The van der Waals surface area contributed by atoms with Crippen molar-refractivity contribution in [3.8, 4) is 0 Å². The average molecular weight is 698 g/mol. The number of sulfonamides is 1. The lowest BCUT2D eigenvalue weighted by molar-refractivity contribution is -0.142. The van der Waals surface area contributed by atoms with Crippen LogP contribution in [0.2, 0.25) is 0 Å². The molecule has 2 saturated heterocycles. The third kappa shape index (κ3) is 6.61. The molecule has 0 spiro atoms. The van der Waals surface area contributed by atoms with Gasteiger partial charge in [0, 0.05) is 57.3 Å². The summed E-state index contributed by atoms with van der Waals surface area (Å²) in [5, 5.41) is 1.81. The molecule has 1 N–H and O–H groups in total. The van der Waals surface area contributed by atoms with E-state index in [2.05, 4.69) is 28.4 Å². The van der Waals surface area contributed by atoms with E-state index in [0.29, 0.717) is 36.8 Å². The standard InChI is InChI=1S/C40H51N5O4S/c1-28(2)42-14-16-43(17-15-42)37-11-9-34(22-36(37)41-50(48,49)35-10-8-32-6-3-4-7-33(32)21-35)39(47)45-13-5-12-44(27-45)38(46)26-40-23-29-18-30(24-40)20-31(19-29)25-40/h3-4,6-11,21-22,28-31,41H,5,12-20,23-27H2,1-2H3. The number of hydrogen-bond acceptors (Lipinski definition) is 6. The highest BCUT2D eigenvalue weighted by molar-refractivity contribution is 7.92. The van der Waals surface area contributed by atoms with Gasteiger partial charge in [0.05, 0.1) is 22.9 Å². The summed E-state index contributed by atoms with van der Waals surface area (Å²) in [6.07, 6.45) is 8.98. The highest BCUT2D eigenvalue weighted by atomic mass is 32.2. The van der Waals surface area contributed by atoms with Crippen LogP contribution in [0.3, 0.4) is 0 Å². The number of rotatable bonds is 8. The van der Waals surface area contributed by atoms with Crippen LogP contribution in [-0.4, -0.2) is 86.9 Å². The summed E-state index contributed by atoms with van der Waals surface area (Å²) >= 11 is 0. The van der Waals surface area contributed by atoms with Gasteiger partial charge in [-0.3, -0.25) is 19.2 Å². The maximum atomic E-state index is 14.1. The first-order valence-corrected chi connectivity index (χ1v) is 20.2. The summed E-state index contributed by atoms with van der Waals surface area (Å²) in [4.78, 5) is 36.4. The van der Waals surface area contributed by atoms with E-state index in [1.165, 1.54) is 38.5 Å². The Bertz CT molecular complexity index is 1850. The van der Waals surface area contributed by atoms with Crippen LogP contribution in [0.5, 0.6) is 0 Å². The lowest BCUT2D eigenvalue weighted by Crippen LogP contribution is -2.52. The van der Waals surface area contributed by atoms with Gasteiger partial charge in [0.1, 0.15) is 0 Å². The number of nitrogens with one attached hydrogen (secondary N) is 1. The molecule has 50 heavy (non-hydrogen) atoms. The van der Waals surface area contributed by atoms with Crippen LogP contribution in [0.4, 0.5) is 11.4 Å². The Morgan fingerprint density at radius 3 is 2.14 bits per heavy atom. The molecular weight excluding hydrogens is 647 g/mol. The number of benzene rings is 3. The minimum absolute atomic E-state index is 0.158. The first-order valence-electron chi connectivity index (χ1n) is 18.8. The lowest BCUT2D eigenvalue weighted by Gasteiger charge is -2.57. The number of hydrogen-bond donors (Lipinski definition) is 1. The summed E-state index contributed by atoms with van der Waals surface area (Å²) in [6.45, 7) is 9.15. The zero-order chi connectivity index (χ0) is 34.6. The van der Waals surface area contributed by atoms with E-state index in [1.807, 2.05) is 47.4 Å². The van der Waals surface area contributed by atoms with Gasteiger partial charge < -0.3 is 14.7 Å². The predicted octanol–water partition coefficient (Wildman–Crippen LogP) is 6.41. The molecule has 2 amide bonds. The molecule has 3 aromatic rings. The molecule has 4 aliphatic carbocycles. The summed E-state index contributed by atoms with van der Waals surface area (Å²) in [7, 11) is -3.97. The fourth-order valence-electron chi connectivity index (χ4n) is 10.3. The third-order valence-electron chi connectivity index (χ3n) is 12.4. The van der Waals surface area contributed by atoms with Crippen LogP contribution in [0, 0.1) is 23.2 Å². The Hall–Kier alpha value is -3.63. The smallest absolute Gasteiger partial charge is 0.261 e. The SMILES string of the molecule is CC(C)N1CCN(c2ccc(C(=O)N3CCCN(C(=O)CC45CC6CC(CC(C6)C4)C5)C3)cc2NS(=O)(=O)c2ccc3ccccc3c2)CC1. The van der Waals surface area contributed by atoms with Crippen molar-refractivity contribution in [2.75, 3.05) is 55.6 Å². The van der Waals surface area contributed by atoms with Gasteiger partial charge in [0.15, 0.2) is 0 Å². The zero-order valence-corrected chi connectivity index (χ0v) is 30.3. The number of carbonyl (C=O) groups excluding carboxylic acids is 2. The van der Waals surface area contributed by atoms with Crippen molar-refractivity contribution in [3.05, 3.63) is 66.2 Å². The molecule has 2 aliphatic heterocycles. The highest BCUT2D eigenvalue weighted by Crippen LogP contribution is 2.61. The van der Waals surface area contributed by atoms with Gasteiger partial charge in [-0.15, -0.1) is 0 Å². The number of carbonyl (C=O) groups is 2. The number of nitrogens with zero attached hydrogens (tertiary/aromatic N) is 4. The van der Waals surface area contributed by atoms with Crippen molar-refractivity contribution < 1.29 is 18.0 Å². The average Bonchev–Trinajstić information content (AvgIpc) is 3.10. The molecule has 6 aliphatic rings. The van der Waals surface area contributed by atoms with Gasteiger partial charge in [-0.2, -0.15) is 0 Å². The molecule has 266 valence electrons. The third-order valence-corrected chi connectivity index (χ3v) is 13.8. The molecule has 3 aromatic carbocycles. The van der Waals surface area contributed by atoms with Crippen LogP contribution in [-0.2, 0) is 14.8 Å². The molecule has 4 saturated carbocycles. The van der Waals surface area contributed by atoms with Crippen LogP contribution in [0.25, 0.3) is 10.8 Å². The first-order chi connectivity index (χ1) is 24.0. The molecule has 0 aromatic heterocycles. The Labute approximate surface area is 297 Å². The van der Waals surface area contributed by atoms with Gasteiger partial charge in [-0.25, -0.2) is 8.42 Å². The summed E-state index contributed by atoms with van der Waals surface area (Å²) < 4.78 is 30.7. The molecule has 0 atom stereocenters. The van der Waals surface area contributed by atoms with Gasteiger partial charge in [0.25, 0.3) is 15.9 Å². The minimum atomic E-state index is -3.97. The number of amides is 2. The molecule has 2 heterocycles. The zero-order valence-electron chi connectivity index (χ0n) is 29.5. The number of fused-ring (bicyclic) bond motifs is 1. The van der Waals surface area contributed by atoms with E-state index in [0.717, 1.165) is 66.8 Å². The predicted molar refractivity (Wildman–Crippen MR) is 198 cm³/mol. The second-order valence-electron chi connectivity index (χ2n) is 16.3. The van der Waals surface area contributed by atoms with E-state index < -0.39 is 10.0 Å². The van der Waals surface area contributed by atoms with Crippen LogP contribution in [0.15, 0.2) is 65.6 Å². The molecule has 0 radical (unpaired) electrons. The van der Waals surface area contributed by atoms with Crippen molar-refractivity contribution in [3.63, 3.8) is 0 Å². The quantitative estimate of drug-likeness (QED) is 0.293. The number of anilines is 2. The molecule has 10 heteroatoms. The van der Waals surface area contributed by atoms with E-state index >= 15 is 0 Å². The molecule has 4 bridgehead atoms. The van der Waals surface area contributed by atoms with Crippen molar-refractivity contribution in [2.45, 2.75) is 76.2 Å². The molecule has 9 rings (SSSR count). The summed E-state index contributed by atoms with van der Waals surface area (Å²) in [5.74, 6) is 2.39. The molecule has 0 unspecified atom stereocenters. The Morgan fingerprint density at radius 1 is 0.800 bits per heavy atom. The van der Waals surface area contributed by atoms with E-state index in [4.69, 9.17) is 0 Å². The Morgan fingerprint density at radius 2 is 1.46 bits per heavy atom. The second-order valence-corrected chi connectivity index (χ2v) is 18.0. The molecule has 9 nitrogen and oxygen atoms in total. The Kier molecular flexibility index (Phi) is 8.82. The van der Waals surface area contributed by atoms with Crippen molar-refractivity contribution in [2.24, 2.45) is 23.2 Å². The van der Waals surface area contributed by atoms with E-state index in [9.17, 15) is 18.0 Å². The van der Waals surface area contributed by atoms with Crippen molar-refractivity contribution in [1.82, 2.24) is 14.7 Å². The van der Waals surface area contributed by atoms with Crippen LogP contribution in [0.1, 0.15) is 75.6 Å². The van der Waals surface area contributed by atoms with Crippen LogP contribution >= 0.6 is 0 Å². The normalized spacial score (nSPS) is 26.9. The molecule has 6 fully saturated rings. The summed E-state index contributed by atoms with van der Waals surface area (Å²) in [6, 6.07) is 18.7. The van der Waals surface area contributed by atoms with Crippen molar-refractivity contribution >= 4 is 44.0 Å². The highest BCUT2D eigenvalue weighted by Gasteiger charge is 2.52. The van der Waals surface area contributed by atoms with E-state index in [-0.39, 0.29) is 28.8 Å². The van der Waals surface area contributed by atoms with Gasteiger partial charge >= 0.3 is 0 Å².